The van der Waals surface area contributed by atoms with Crippen LogP contribution in [-0.4, -0.2) is 48.0 Å². The van der Waals surface area contributed by atoms with E-state index in [2.05, 4.69) is 15.5 Å². The second-order valence-corrected chi connectivity index (χ2v) is 10.6. The second kappa shape index (κ2) is 13.0. The quantitative estimate of drug-likeness (QED) is 0.187. The maximum Gasteiger partial charge on any atom is 0.253 e. The first-order valence-corrected chi connectivity index (χ1v) is 14.1. The van der Waals surface area contributed by atoms with Gasteiger partial charge in [0.25, 0.3) is 5.91 Å². The van der Waals surface area contributed by atoms with Crippen LogP contribution in [0.1, 0.15) is 16.1 Å². The molecule has 0 radical (unpaired) electrons. The van der Waals surface area contributed by atoms with Crippen LogP contribution in [0.4, 0.5) is 11.4 Å². The molecule has 1 saturated heterocycles. The van der Waals surface area contributed by atoms with Crippen molar-refractivity contribution in [3.8, 4) is 11.3 Å². The fourth-order valence-corrected chi connectivity index (χ4v) is 4.85. The summed E-state index contributed by atoms with van der Waals surface area (Å²) in [5.74, 6) is 0.845. The van der Waals surface area contributed by atoms with E-state index in [1.807, 2.05) is 47.4 Å². The van der Waals surface area contributed by atoms with Crippen molar-refractivity contribution in [1.29, 1.82) is 0 Å². The lowest BCUT2D eigenvalue weighted by molar-refractivity contribution is -0.115. The molecule has 3 aromatic carbocycles. The highest BCUT2D eigenvalue weighted by Gasteiger charge is 2.22. The molecule has 0 spiro atoms. The molecule has 10 heteroatoms. The van der Waals surface area contributed by atoms with Crippen molar-refractivity contribution in [3.63, 3.8) is 0 Å². The Balaban J connectivity index is 1.08. The molecule has 41 heavy (non-hydrogen) atoms. The summed E-state index contributed by atoms with van der Waals surface area (Å²) in [6.45, 7) is 2.71. The maximum atomic E-state index is 12.8. The first-order chi connectivity index (χ1) is 19.8. The van der Waals surface area contributed by atoms with Crippen LogP contribution in [0, 0.1) is 0 Å². The van der Waals surface area contributed by atoms with Crippen LogP contribution in [0.3, 0.4) is 0 Å². The van der Waals surface area contributed by atoms with Crippen LogP contribution in [0.15, 0.2) is 95.4 Å². The van der Waals surface area contributed by atoms with E-state index < -0.39 is 0 Å². The highest BCUT2D eigenvalue weighted by atomic mass is 35.5. The number of nitrogens with zero attached hydrogens (tertiary/aromatic N) is 2. The van der Waals surface area contributed by atoms with Crippen molar-refractivity contribution >= 4 is 69.8 Å². The molecule has 1 aliphatic heterocycles. The highest BCUT2D eigenvalue weighted by molar-refractivity contribution is 7.80. The van der Waals surface area contributed by atoms with Crippen LogP contribution < -0.4 is 15.5 Å². The van der Waals surface area contributed by atoms with Gasteiger partial charge in [0.05, 0.1) is 0 Å². The molecule has 1 aromatic heterocycles. The molecule has 1 aliphatic rings. The highest BCUT2D eigenvalue weighted by Crippen LogP contribution is 2.24. The number of thiocarbonyl (C=S) groups is 1. The Hall–Kier alpha value is -4.11. The third kappa shape index (κ3) is 7.55. The molecule has 4 aromatic rings. The maximum absolute atomic E-state index is 12.8. The number of benzene rings is 3. The summed E-state index contributed by atoms with van der Waals surface area (Å²) in [5.41, 5.74) is 3.32. The fraction of sp³-hybridized carbons (Fsp3) is 0.129. The zero-order valence-electron chi connectivity index (χ0n) is 21.8. The minimum absolute atomic E-state index is 0.0121. The number of halogens is 2. The molecule has 0 unspecified atom stereocenters. The third-order valence-electron chi connectivity index (χ3n) is 6.54. The number of nitrogens with one attached hydrogen (secondary N) is 2. The van der Waals surface area contributed by atoms with E-state index >= 15 is 0 Å². The summed E-state index contributed by atoms with van der Waals surface area (Å²) >= 11 is 17.2. The van der Waals surface area contributed by atoms with E-state index in [-0.39, 0.29) is 16.9 Å². The predicted octanol–water partition coefficient (Wildman–Crippen LogP) is 6.74. The lowest BCUT2D eigenvalue weighted by atomic mass is 10.1. The monoisotopic (exact) mass is 604 g/mol. The van der Waals surface area contributed by atoms with Gasteiger partial charge in [0.2, 0.25) is 5.91 Å². The summed E-state index contributed by atoms with van der Waals surface area (Å²) in [7, 11) is 0. The molecule has 2 N–H and O–H groups in total. The van der Waals surface area contributed by atoms with Gasteiger partial charge in [0, 0.05) is 64.8 Å². The van der Waals surface area contributed by atoms with Crippen LogP contribution in [0.5, 0.6) is 0 Å². The van der Waals surface area contributed by atoms with Crippen molar-refractivity contribution in [2.45, 2.75) is 0 Å². The number of hydrogen-bond donors (Lipinski definition) is 2. The molecule has 2 heterocycles. The van der Waals surface area contributed by atoms with Gasteiger partial charge in [-0.3, -0.25) is 14.9 Å². The number of carbonyl (C=O) groups is 2. The van der Waals surface area contributed by atoms with Crippen molar-refractivity contribution in [2.24, 2.45) is 0 Å². The summed E-state index contributed by atoms with van der Waals surface area (Å²) in [6, 6.07) is 25.7. The topological polar surface area (TPSA) is 77.8 Å². The van der Waals surface area contributed by atoms with E-state index in [9.17, 15) is 9.59 Å². The number of anilines is 2. The van der Waals surface area contributed by atoms with Crippen molar-refractivity contribution in [3.05, 3.63) is 112 Å². The largest absolute Gasteiger partial charge is 0.457 e. The molecule has 0 saturated carbocycles. The molecule has 0 atom stereocenters. The number of piperazine rings is 1. The first-order valence-electron chi connectivity index (χ1n) is 12.9. The Morgan fingerprint density at radius 2 is 1.44 bits per heavy atom. The standard InChI is InChI=1S/C31H26Cl2N4O3S/c32-23-5-1-21(2-6-23)28-15-13-27(40-28)14-16-29(38)35-31(41)34-25-9-11-26(12-10-25)36-17-19-37(20-18-36)30(39)22-3-7-24(33)8-4-22/h1-16H,17-20H2,(H2,34,35,38,41). The zero-order valence-corrected chi connectivity index (χ0v) is 24.2. The van der Waals surface area contributed by atoms with E-state index in [4.69, 9.17) is 39.8 Å². The lowest BCUT2D eigenvalue weighted by Gasteiger charge is -2.36. The average molecular weight is 606 g/mol. The Morgan fingerprint density at radius 3 is 2.10 bits per heavy atom. The molecule has 7 nitrogen and oxygen atoms in total. The number of carbonyl (C=O) groups excluding carboxylic acids is 2. The van der Waals surface area contributed by atoms with Gasteiger partial charge in [-0.1, -0.05) is 23.2 Å². The molecule has 1 fully saturated rings. The molecule has 0 aliphatic carbocycles. The SMILES string of the molecule is O=C(C=Cc1ccc(-c2ccc(Cl)cc2)o1)NC(=S)Nc1ccc(N2CCN(C(=O)c3ccc(Cl)cc3)CC2)cc1. The zero-order chi connectivity index (χ0) is 28.8. The van der Waals surface area contributed by atoms with Gasteiger partial charge in [-0.15, -0.1) is 0 Å². The lowest BCUT2D eigenvalue weighted by Crippen LogP contribution is -2.48. The Kier molecular flexibility index (Phi) is 9.04. The van der Waals surface area contributed by atoms with E-state index in [0.29, 0.717) is 40.2 Å². The molecule has 208 valence electrons. The van der Waals surface area contributed by atoms with Crippen LogP contribution in [0.2, 0.25) is 10.0 Å². The fourth-order valence-electron chi connectivity index (χ4n) is 4.38. The van der Waals surface area contributed by atoms with Gasteiger partial charge in [-0.2, -0.15) is 0 Å². The van der Waals surface area contributed by atoms with Crippen LogP contribution in [0.25, 0.3) is 17.4 Å². The Bertz CT molecular complexity index is 1560. The van der Waals surface area contributed by atoms with Crippen molar-refractivity contribution in [2.75, 3.05) is 36.4 Å². The Labute approximate surface area is 253 Å². The summed E-state index contributed by atoms with van der Waals surface area (Å²) < 4.78 is 5.78. The van der Waals surface area contributed by atoms with Crippen LogP contribution >= 0.6 is 35.4 Å². The van der Waals surface area contributed by atoms with Gasteiger partial charge in [0.15, 0.2) is 5.11 Å². The van der Waals surface area contributed by atoms with Gasteiger partial charge >= 0.3 is 0 Å². The van der Waals surface area contributed by atoms with Gasteiger partial charge in [-0.25, -0.2) is 0 Å². The van der Waals surface area contributed by atoms with E-state index in [0.717, 1.165) is 30.0 Å². The smallest absolute Gasteiger partial charge is 0.253 e. The first kappa shape index (κ1) is 28.4. The van der Waals surface area contributed by atoms with E-state index in [1.165, 1.54) is 6.08 Å². The number of rotatable bonds is 6. The van der Waals surface area contributed by atoms with Gasteiger partial charge in [0.1, 0.15) is 11.5 Å². The van der Waals surface area contributed by atoms with E-state index in [1.54, 1.807) is 48.5 Å². The molecular formula is C31H26Cl2N4O3S. The van der Waals surface area contributed by atoms with Gasteiger partial charge in [-0.05, 0) is 103 Å². The minimum atomic E-state index is -0.380. The minimum Gasteiger partial charge on any atom is -0.457 e. The normalized spacial score (nSPS) is 13.3. The summed E-state index contributed by atoms with van der Waals surface area (Å²) in [5, 5.41) is 7.11. The molecule has 2 amide bonds. The van der Waals surface area contributed by atoms with Crippen molar-refractivity contribution < 1.29 is 14.0 Å². The van der Waals surface area contributed by atoms with Crippen LogP contribution in [-0.2, 0) is 4.79 Å². The number of furan rings is 1. The van der Waals surface area contributed by atoms with Gasteiger partial charge < -0.3 is 19.5 Å². The third-order valence-corrected chi connectivity index (χ3v) is 7.25. The Morgan fingerprint density at radius 1 is 0.805 bits per heavy atom. The molecule has 5 rings (SSSR count). The second-order valence-electron chi connectivity index (χ2n) is 9.32. The number of hydrogen-bond acceptors (Lipinski definition) is 5. The number of amides is 2. The summed E-state index contributed by atoms with van der Waals surface area (Å²) in [6.07, 6.45) is 2.94. The summed E-state index contributed by atoms with van der Waals surface area (Å²) in [4.78, 5) is 29.2. The van der Waals surface area contributed by atoms with Crippen molar-refractivity contribution in [1.82, 2.24) is 10.2 Å². The molecule has 0 bridgehead atoms. The average Bonchev–Trinajstić information content (AvgIpc) is 3.46. The molecular weight excluding hydrogens is 579 g/mol. The predicted molar refractivity (Wildman–Crippen MR) is 169 cm³/mol.